The standard InChI is InChI=1S/C26H30N6O5/c1-2-23(33)22-12-11-21-24(31(22)28-17-3-5-20(6-4-17)32(36)37)26(35)30(25(21)34)19-9-7-18(8-10-19)29-15-13-27-14-16-29/h3-12,21-24,27-28,33H,2,13-16H2,1H3/p+1/t21-,22-,23-,24+/m1/s1. The molecule has 0 aliphatic carbocycles. The molecular weight excluding hydrogens is 476 g/mol. The molecule has 4 N–H and O–H groups in total. The van der Waals surface area contributed by atoms with E-state index in [1.165, 1.54) is 29.2 Å². The molecule has 194 valence electrons. The normalized spacial score (nSPS) is 24.8. The van der Waals surface area contributed by atoms with Crippen molar-refractivity contribution >= 4 is 34.6 Å². The number of imide groups is 1. The number of aliphatic hydroxyl groups is 1. The van der Waals surface area contributed by atoms with Crippen molar-refractivity contribution in [3.63, 3.8) is 0 Å². The third-order valence-corrected chi connectivity index (χ3v) is 7.28. The molecule has 0 aromatic heterocycles. The van der Waals surface area contributed by atoms with Crippen molar-refractivity contribution in [1.82, 2.24) is 5.01 Å². The predicted octanol–water partition coefficient (Wildman–Crippen LogP) is 0.875. The number of benzene rings is 2. The van der Waals surface area contributed by atoms with Crippen molar-refractivity contribution in [3.05, 3.63) is 70.8 Å². The lowest BCUT2D eigenvalue weighted by Crippen LogP contribution is -2.89. The molecule has 0 unspecified atom stereocenters. The lowest BCUT2D eigenvalue weighted by molar-refractivity contribution is -0.655. The van der Waals surface area contributed by atoms with Crippen molar-refractivity contribution in [1.29, 1.82) is 0 Å². The molecule has 0 saturated carbocycles. The largest absolute Gasteiger partial charge is 0.391 e. The van der Waals surface area contributed by atoms with E-state index in [0.717, 1.165) is 31.9 Å². The number of anilines is 3. The van der Waals surface area contributed by atoms with Crippen LogP contribution in [-0.4, -0.2) is 71.2 Å². The Labute approximate surface area is 214 Å². The van der Waals surface area contributed by atoms with E-state index in [9.17, 15) is 24.8 Å². The second-order valence-corrected chi connectivity index (χ2v) is 9.53. The van der Waals surface area contributed by atoms with E-state index in [2.05, 4.69) is 15.6 Å². The minimum Gasteiger partial charge on any atom is -0.391 e. The van der Waals surface area contributed by atoms with Crippen molar-refractivity contribution in [3.8, 4) is 0 Å². The van der Waals surface area contributed by atoms with Crippen LogP contribution in [0.25, 0.3) is 0 Å². The Morgan fingerprint density at radius 3 is 2.30 bits per heavy atom. The van der Waals surface area contributed by atoms with Crippen LogP contribution in [0.1, 0.15) is 13.3 Å². The molecule has 11 nitrogen and oxygen atoms in total. The Bertz CT molecular complexity index is 1190. The molecule has 4 atom stereocenters. The summed E-state index contributed by atoms with van der Waals surface area (Å²) in [4.78, 5) is 41.2. The first kappa shape index (κ1) is 24.9. The van der Waals surface area contributed by atoms with Gasteiger partial charge in [0.2, 0.25) is 5.91 Å². The van der Waals surface area contributed by atoms with E-state index in [1.54, 1.807) is 29.3 Å². The number of non-ortho nitro benzene ring substituents is 1. The minimum absolute atomic E-state index is 0.0588. The van der Waals surface area contributed by atoms with Gasteiger partial charge in [-0.05, 0) is 42.8 Å². The van der Waals surface area contributed by atoms with Gasteiger partial charge in [-0.1, -0.05) is 19.1 Å². The molecule has 11 heteroatoms. The van der Waals surface area contributed by atoms with Gasteiger partial charge in [-0.3, -0.25) is 19.7 Å². The van der Waals surface area contributed by atoms with Gasteiger partial charge in [0.1, 0.15) is 6.04 Å². The van der Waals surface area contributed by atoms with Crippen molar-refractivity contribution in [2.24, 2.45) is 5.92 Å². The zero-order valence-electron chi connectivity index (χ0n) is 20.6. The molecule has 3 aliphatic heterocycles. The average molecular weight is 508 g/mol. The number of fused-ring (bicyclic) bond motifs is 1. The summed E-state index contributed by atoms with van der Waals surface area (Å²) in [7, 11) is 0. The monoisotopic (exact) mass is 507 g/mol. The van der Waals surface area contributed by atoms with E-state index in [-0.39, 0.29) is 17.5 Å². The average Bonchev–Trinajstić information content (AvgIpc) is 3.19. The van der Waals surface area contributed by atoms with Crippen molar-refractivity contribution in [2.75, 3.05) is 41.4 Å². The summed E-state index contributed by atoms with van der Waals surface area (Å²) < 4.78 is 0. The summed E-state index contributed by atoms with van der Waals surface area (Å²) in [5.74, 6) is -1.44. The molecule has 0 radical (unpaired) electrons. The zero-order valence-corrected chi connectivity index (χ0v) is 20.6. The summed E-state index contributed by atoms with van der Waals surface area (Å²) >= 11 is 0. The predicted molar refractivity (Wildman–Crippen MR) is 138 cm³/mol. The second-order valence-electron chi connectivity index (χ2n) is 9.53. The van der Waals surface area contributed by atoms with Crippen molar-refractivity contribution in [2.45, 2.75) is 31.5 Å². The van der Waals surface area contributed by atoms with E-state index in [0.29, 0.717) is 17.8 Å². The number of piperazine rings is 1. The summed E-state index contributed by atoms with van der Waals surface area (Å²) in [6.45, 7) is 5.79. The van der Waals surface area contributed by atoms with Crippen LogP contribution in [0.15, 0.2) is 60.7 Å². The lowest BCUT2D eigenvalue weighted by atomic mass is 9.92. The minimum atomic E-state index is -0.879. The Morgan fingerprint density at radius 2 is 1.68 bits per heavy atom. The fraction of sp³-hybridized carbons (Fsp3) is 0.385. The number of nitro groups is 1. The Kier molecular flexibility index (Phi) is 6.92. The number of hydrogen-bond donors (Lipinski definition) is 3. The molecule has 37 heavy (non-hydrogen) atoms. The van der Waals surface area contributed by atoms with Crippen molar-refractivity contribution < 1.29 is 24.9 Å². The van der Waals surface area contributed by atoms with Gasteiger partial charge in [0.05, 0.1) is 54.9 Å². The van der Waals surface area contributed by atoms with Crippen LogP contribution >= 0.6 is 0 Å². The highest BCUT2D eigenvalue weighted by atomic mass is 16.6. The number of nitrogens with zero attached hydrogens (tertiary/aromatic N) is 4. The highest BCUT2D eigenvalue weighted by Crippen LogP contribution is 2.36. The molecule has 2 fully saturated rings. The molecule has 2 aromatic rings. The number of carbonyl (C=O) groups is 2. The van der Waals surface area contributed by atoms with Gasteiger partial charge in [-0.2, -0.15) is 0 Å². The third-order valence-electron chi connectivity index (χ3n) is 7.28. The number of aliphatic hydroxyl groups excluding tert-OH is 1. The first-order chi connectivity index (χ1) is 17.9. The summed E-state index contributed by atoms with van der Waals surface area (Å²) in [6, 6.07) is 11.8. The maximum absolute atomic E-state index is 13.7. The molecule has 2 amide bonds. The maximum atomic E-state index is 13.7. The van der Waals surface area contributed by atoms with E-state index >= 15 is 0 Å². The zero-order chi connectivity index (χ0) is 26.1. The Balaban J connectivity index is 1.42. The molecule has 2 aromatic carbocycles. The van der Waals surface area contributed by atoms with Crippen LogP contribution in [0.3, 0.4) is 0 Å². The summed E-state index contributed by atoms with van der Waals surface area (Å²) in [6.07, 6.45) is 3.10. The molecule has 0 spiro atoms. The van der Waals surface area contributed by atoms with Gasteiger partial charge in [0.25, 0.3) is 11.6 Å². The number of rotatable bonds is 7. The summed E-state index contributed by atoms with van der Waals surface area (Å²) in [5.41, 5.74) is 5.16. The number of hydrazine groups is 1. The van der Waals surface area contributed by atoms with Gasteiger partial charge in [0, 0.05) is 23.5 Å². The van der Waals surface area contributed by atoms with E-state index < -0.39 is 29.0 Å². The van der Waals surface area contributed by atoms with Crippen LogP contribution in [0.4, 0.5) is 22.7 Å². The number of nitrogens with one attached hydrogen (secondary N) is 1. The number of quaternary nitrogens is 1. The van der Waals surface area contributed by atoms with E-state index in [1.807, 2.05) is 19.1 Å². The maximum Gasteiger partial charge on any atom is 0.269 e. The quantitative estimate of drug-likeness (QED) is 0.217. The van der Waals surface area contributed by atoms with E-state index in [4.69, 9.17) is 0 Å². The molecule has 0 bridgehead atoms. The molecule has 2 saturated heterocycles. The second kappa shape index (κ2) is 10.3. The lowest BCUT2D eigenvalue weighted by Gasteiger charge is -2.40. The van der Waals surface area contributed by atoms with Gasteiger partial charge < -0.3 is 20.7 Å². The van der Waals surface area contributed by atoms with Gasteiger partial charge in [-0.15, -0.1) is 0 Å². The topological polar surface area (TPSA) is 136 Å². The van der Waals surface area contributed by atoms with Crippen LogP contribution in [0.5, 0.6) is 0 Å². The number of hydrogen-bond acceptors (Lipinski definition) is 8. The van der Waals surface area contributed by atoms with Crippen LogP contribution < -0.4 is 20.5 Å². The molecule has 5 rings (SSSR count). The highest BCUT2D eigenvalue weighted by Gasteiger charge is 2.54. The van der Waals surface area contributed by atoms with Gasteiger partial charge in [-0.25, -0.2) is 9.91 Å². The fourth-order valence-electron chi connectivity index (χ4n) is 5.25. The molecule has 3 heterocycles. The first-order valence-corrected chi connectivity index (χ1v) is 12.6. The smallest absolute Gasteiger partial charge is 0.269 e. The highest BCUT2D eigenvalue weighted by molar-refractivity contribution is 6.24. The fourth-order valence-corrected chi connectivity index (χ4v) is 5.25. The van der Waals surface area contributed by atoms with Crippen LogP contribution in [0, 0.1) is 16.0 Å². The number of nitro benzene ring substituents is 1. The first-order valence-electron chi connectivity index (χ1n) is 12.6. The Morgan fingerprint density at radius 1 is 1.03 bits per heavy atom. The van der Waals surface area contributed by atoms with Crippen LogP contribution in [-0.2, 0) is 9.59 Å². The van der Waals surface area contributed by atoms with Crippen LogP contribution in [0.2, 0.25) is 0 Å². The number of amides is 2. The molecular formula is C26H31N6O5+. The third kappa shape index (κ3) is 4.68. The summed E-state index contributed by atoms with van der Waals surface area (Å²) in [5, 5.41) is 25.6. The van der Waals surface area contributed by atoms with Gasteiger partial charge in [0.15, 0.2) is 0 Å². The number of carbonyl (C=O) groups excluding carboxylic acids is 2. The Hall–Kier alpha value is -3.80. The van der Waals surface area contributed by atoms with Gasteiger partial charge >= 0.3 is 0 Å². The molecule has 3 aliphatic rings. The SMILES string of the molecule is CC[C@@H](O)[C@H]1C=C[C@H]2C(=O)N(c3ccc(N4CC[NH2+]CC4)cc3)C(=O)[C@H]2N1Nc1ccc([N+](=O)[O-])cc1. The number of nitrogens with two attached hydrogens (primary N) is 1.